The zero-order chi connectivity index (χ0) is 21.8. The number of hydrogen-bond acceptors (Lipinski definition) is 4. The Balaban J connectivity index is 2.00. The van der Waals surface area contributed by atoms with Crippen LogP contribution in [0.5, 0.6) is 0 Å². The van der Waals surface area contributed by atoms with Crippen LogP contribution in [-0.4, -0.2) is 56.4 Å². The number of pyridine rings is 1. The van der Waals surface area contributed by atoms with Crippen LogP contribution in [0.2, 0.25) is 0 Å². The smallest absolute Gasteiger partial charge is 0.356 e. The van der Waals surface area contributed by atoms with E-state index in [1.165, 1.54) is 0 Å². The SMILES string of the molecule is C[C@@H]1CN(C(=O)c2cc3c(C(=O)O)nc(C(C)(C)C)n3c3ccccc23)C[C@H](C)N1. The minimum absolute atomic E-state index is 0.0261. The predicted octanol–water partition coefficient (Wildman–Crippen LogP) is 3.31. The molecule has 1 saturated heterocycles. The lowest BCUT2D eigenvalue weighted by Crippen LogP contribution is -2.55. The number of carbonyl (C=O) groups excluding carboxylic acids is 1. The number of amides is 1. The Kier molecular flexibility index (Phi) is 4.81. The average molecular weight is 409 g/mol. The summed E-state index contributed by atoms with van der Waals surface area (Å²) in [6.07, 6.45) is 0. The first-order valence-electron chi connectivity index (χ1n) is 10.3. The molecule has 7 nitrogen and oxygen atoms in total. The summed E-state index contributed by atoms with van der Waals surface area (Å²) in [5.41, 5.74) is 1.36. The van der Waals surface area contributed by atoms with Gasteiger partial charge in [0, 0.05) is 36.0 Å². The van der Waals surface area contributed by atoms with Crippen molar-refractivity contribution < 1.29 is 14.7 Å². The number of aromatic carboxylic acids is 1. The molecule has 30 heavy (non-hydrogen) atoms. The van der Waals surface area contributed by atoms with Gasteiger partial charge in [-0.25, -0.2) is 9.78 Å². The molecule has 1 aromatic carbocycles. The fraction of sp³-hybridized carbons (Fsp3) is 0.435. The highest BCUT2D eigenvalue weighted by molar-refractivity contribution is 6.09. The summed E-state index contributed by atoms with van der Waals surface area (Å²) in [7, 11) is 0. The maximum Gasteiger partial charge on any atom is 0.356 e. The Bertz CT molecular complexity index is 1150. The Morgan fingerprint density at radius 1 is 1.10 bits per heavy atom. The molecule has 7 heteroatoms. The van der Waals surface area contributed by atoms with Gasteiger partial charge in [-0.3, -0.25) is 9.20 Å². The van der Waals surface area contributed by atoms with Crippen LogP contribution in [0.1, 0.15) is 61.3 Å². The number of carbonyl (C=O) groups is 2. The van der Waals surface area contributed by atoms with Crippen molar-refractivity contribution in [2.24, 2.45) is 0 Å². The van der Waals surface area contributed by atoms with Crippen molar-refractivity contribution in [1.82, 2.24) is 19.6 Å². The van der Waals surface area contributed by atoms with E-state index in [0.717, 1.165) is 10.9 Å². The van der Waals surface area contributed by atoms with Gasteiger partial charge in [0.25, 0.3) is 5.91 Å². The number of aromatic nitrogens is 2. The molecule has 1 aliphatic heterocycles. The Labute approximate surface area is 175 Å². The van der Waals surface area contributed by atoms with Gasteiger partial charge in [0.15, 0.2) is 5.69 Å². The van der Waals surface area contributed by atoms with Crippen LogP contribution in [0.3, 0.4) is 0 Å². The second-order valence-electron chi connectivity index (χ2n) is 9.31. The first-order valence-corrected chi connectivity index (χ1v) is 10.3. The largest absolute Gasteiger partial charge is 0.476 e. The molecule has 1 amide bonds. The molecule has 2 N–H and O–H groups in total. The summed E-state index contributed by atoms with van der Waals surface area (Å²) in [6.45, 7) is 11.4. The Morgan fingerprint density at radius 2 is 1.73 bits per heavy atom. The van der Waals surface area contributed by atoms with Crippen molar-refractivity contribution in [2.45, 2.75) is 52.1 Å². The molecule has 0 aliphatic carbocycles. The van der Waals surface area contributed by atoms with Gasteiger partial charge in [-0.2, -0.15) is 0 Å². The first-order chi connectivity index (χ1) is 14.1. The number of hydrogen-bond donors (Lipinski definition) is 2. The highest BCUT2D eigenvalue weighted by Gasteiger charge is 2.30. The lowest BCUT2D eigenvalue weighted by Gasteiger charge is -2.36. The van der Waals surface area contributed by atoms with Crippen LogP contribution in [0.15, 0.2) is 30.3 Å². The van der Waals surface area contributed by atoms with Crippen molar-refractivity contribution >= 4 is 28.3 Å². The minimum Gasteiger partial charge on any atom is -0.476 e. The fourth-order valence-electron chi connectivity index (χ4n) is 4.42. The van der Waals surface area contributed by atoms with Gasteiger partial charge >= 0.3 is 5.97 Å². The van der Waals surface area contributed by atoms with E-state index in [-0.39, 0.29) is 29.1 Å². The summed E-state index contributed by atoms with van der Waals surface area (Å²) in [6, 6.07) is 9.74. The summed E-state index contributed by atoms with van der Waals surface area (Å²) in [5, 5.41) is 14.0. The zero-order valence-corrected chi connectivity index (χ0v) is 18.1. The van der Waals surface area contributed by atoms with Gasteiger partial charge in [0.2, 0.25) is 0 Å². The number of piperazine rings is 1. The molecule has 1 aliphatic rings. The van der Waals surface area contributed by atoms with E-state index in [2.05, 4.69) is 24.1 Å². The van der Waals surface area contributed by atoms with Crippen LogP contribution < -0.4 is 5.32 Å². The lowest BCUT2D eigenvalue weighted by molar-refractivity contribution is 0.0671. The van der Waals surface area contributed by atoms with Gasteiger partial charge in [-0.1, -0.05) is 39.0 Å². The van der Waals surface area contributed by atoms with Crippen molar-refractivity contribution in [2.75, 3.05) is 13.1 Å². The van der Waals surface area contributed by atoms with Gasteiger partial charge in [0.05, 0.1) is 16.6 Å². The van der Waals surface area contributed by atoms with Gasteiger partial charge < -0.3 is 15.3 Å². The van der Waals surface area contributed by atoms with Crippen LogP contribution >= 0.6 is 0 Å². The maximum absolute atomic E-state index is 13.6. The number of nitrogens with one attached hydrogen (secondary N) is 1. The highest BCUT2D eigenvalue weighted by atomic mass is 16.4. The topological polar surface area (TPSA) is 86.9 Å². The molecule has 3 heterocycles. The number of benzene rings is 1. The number of carboxylic acid groups (broad SMARTS) is 1. The molecule has 2 atom stereocenters. The van der Waals surface area contributed by atoms with E-state index < -0.39 is 5.97 Å². The third kappa shape index (κ3) is 3.33. The number of carboxylic acids is 1. The monoisotopic (exact) mass is 408 g/mol. The van der Waals surface area contributed by atoms with E-state index >= 15 is 0 Å². The molecule has 158 valence electrons. The van der Waals surface area contributed by atoms with Crippen LogP contribution in [0.4, 0.5) is 0 Å². The molecule has 0 bridgehead atoms. The number of fused-ring (bicyclic) bond motifs is 3. The van der Waals surface area contributed by atoms with Gasteiger partial charge in [-0.15, -0.1) is 0 Å². The molecule has 0 spiro atoms. The second-order valence-corrected chi connectivity index (χ2v) is 9.31. The molecular formula is C23H28N4O3. The van der Waals surface area contributed by atoms with Crippen LogP contribution in [-0.2, 0) is 5.41 Å². The molecular weight excluding hydrogens is 380 g/mol. The van der Waals surface area contributed by atoms with Crippen molar-refractivity contribution in [3.63, 3.8) is 0 Å². The van der Waals surface area contributed by atoms with Crippen LogP contribution in [0.25, 0.3) is 16.4 Å². The van der Waals surface area contributed by atoms with E-state index in [0.29, 0.717) is 30.0 Å². The van der Waals surface area contributed by atoms with Crippen molar-refractivity contribution in [3.05, 3.63) is 47.4 Å². The normalized spacial score (nSPS) is 20.1. The number of imidazole rings is 1. The van der Waals surface area contributed by atoms with E-state index in [9.17, 15) is 14.7 Å². The minimum atomic E-state index is -1.10. The molecule has 3 aromatic rings. The average Bonchev–Trinajstić information content (AvgIpc) is 3.06. The maximum atomic E-state index is 13.6. The van der Waals surface area contributed by atoms with Crippen molar-refractivity contribution in [1.29, 1.82) is 0 Å². The molecule has 1 fully saturated rings. The van der Waals surface area contributed by atoms with Crippen molar-refractivity contribution in [3.8, 4) is 0 Å². The second kappa shape index (κ2) is 7.09. The molecule has 2 aromatic heterocycles. The number of nitrogens with zero attached hydrogens (tertiary/aromatic N) is 3. The van der Waals surface area contributed by atoms with E-state index in [1.807, 2.05) is 54.3 Å². The summed E-state index contributed by atoms with van der Waals surface area (Å²) >= 11 is 0. The number of para-hydroxylation sites is 1. The standard InChI is InChI=1S/C23H28N4O3/c1-13-11-26(12-14(2)24-13)20(28)16-10-18-19(21(29)30)25-22(23(3,4)5)27(18)17-9-7-6-8-15(16)17/h6-10,13-14,24H,11-12H2,1-5H3,(H,29,30)/t13-,14+. The van der Waals surface area contributed by atoms with E-state index in [4.69, 9.17) is 0 Å². The Morgan fingerprint density at radius 3 is 2.33 bits per heavy atom. The molecule has 0 radical (unpaired) electrons. The Hall–Kier alpha value is -2.93. The molecule has 0 unspecified atom stereocenters. The highest BCUT2D eigenvalue weighted by Crippen LogP contribution is 2.31. The van der Waals surface area contributed by atoms with Crippen LogP contribution in [0, 0.1) is 0 Å². The zero-order valence-electron chi connectivity index (χ0n) is 18.1. The summed E-state index contributed by atoms with van der Waals surface area (Å²) in [5.74, 6) is -0.514. The predicted molar refractivity (Wildman–Crippen MR) is 116 cm³/mol. The van der Waals surface area contributed by atoms with Gasteiger partial charge in [0.1, 0.15) is 5.82 Å². The number of rotatable bonds is 2. The first kappa shape index (κ1) is 20.3. The quantitative estimate of drug-likeness (QED) is 0.679. The molecule has 4 rings (SSSR count). The lowest BCUT2D eigenvalue weighted by atomic mass is 9.95. The summed E-state index contributed by atoms with van der Waals surface area (Å²) < 4.78 is 1.89. The third-order valence-corrected chi connectivity index (χ3v) is 5.58. The third-order valence-electron chi connectivity index (χ3n) is 5.58. The fourth-order valence-corrected chi connectivity index (χ4v) is 4.42. The summed E-state index contributed by atoms with van der Waals surface area (Å²) in [4.78, 5) is 31.9. The van der Waals surface area contributed by atoms with Gasteiger partial charge in [-0.05, 0) is 26.0 Å². The van der Waals surface area contributed by atoms with E-state index in [1.54, 1.807) is 6.07 Å². The molecule has 0 saturated carbocycles.